The Bertz CT molecular complexity index is 1400. The Hall–Kier alpha value is -4.36. The smallest absolute Gasteiger partial charge is 0.250 e. The van der Waals surface area contributed by atoms with E-state index in [4.69, 9.17) is 0 Å². The van der Waals surface area contributed by atoms with Gasteiger partial charge in [-0.1, -0.05) is 91.0 Å². The molecule has 0 radical (unpaired) electrons. The molecule has 0 spiro atoms. The van der Waals surface area contributed by atoms with Crippen LogP contribution in [0.25, 0.3) is 22.2 Å². The molecule has 5 rings (SSSR count). The third-order valence-electron chi connectivity index (χ3n) is 5.53. The van der Waals surface area contributed by atoms with E-state index in [2.05, 4.69) is 35.3 Å². The van der Waals surface area contributed by atoms with Crippen LogP contribution in [-0.2, 0) is 0 Å². The fourth-order valence-electron chi connectivity index (χ4n) is 4.20. The lowest BCUT2D eigenvalue weighted by Gasteiger charge is -2.21. The Kier molecular flexibility index (Phi) is 4.70. The van der Waals surface area contributed by atoms with Gasteiger partial charge in [0.05, 0.1) is 11.6 Å². The van der Waals surface area contributed by atoms with Crippen molar-refractivity contribution in [3.8, 4) is 17.2 Å². The average molecular weight is 401 g/mol. The van der Waals surface area contributed by atoms with E-state index in [0.29, 0.717) is 11.2 Å². The van der Waals surface area contributed by atoms with Crippen molar-refractivity contribution in [3.05, 3.63) is 130 Å². The molecule has 1 N–H and O–H groups in total. The summed E-state index contributed by atoms with van der Waals surface area (Å²) in [6.07, 6.45) is 1.84. The second-order valence-corrected chi connectivity index (χ2v) is 7.42. The van der Waals surface area contributed by atoms with Gasteiger partial charge in [-0.15, -0.1) is 0 Å². The van der Waals surface area contributed by atoms with Crippen molar-refractivity contribution in [1.82, 2.24) is 9.55 Å². The molecule has 0 aliphatic heterocycles. The summed E-state index contributed by atoms with van der Waals surface area (Å²) in [4.78, 5) is 15.7. The molecule has 0 aliphatic carbocycles. The minimum absolute atomic E-state index is 0.186. The highest BCUT2D eigenvalue weighted by molar-refractivity contribution is 5.97. The highest BCUT2D eigenvalue weighted by atomic mass is 16.1. The number of aromatic nitrogens is 2. The minimum Gasteiger partial charge on any atom is -0.321 e. The van der Waals surface area contributed by atoms with Gasteiger partial charge >= 0.3 is 0 Å². The van der Waals surface area contributed by atoms with Crippen LogP contribution in [0, 0.1) is 11.3 Å². The largest absolute Gasteiger partial charge is 0.321 e. The van der Waals surface area contributed by atoms with Gasteiger partial charge in [0.25, 0.3) is 0 Å². The average Bonchev–Trinajstić information content (AvgIpc) is 3.19. The summed E-state index contributed by atoms with van der Waals surface area (Å²) in [6, 6.07) is 33.7. The zero-order chi connectivity index (χ0) is 21.2. The van der Waals surface area contributed by atoms with Gasteiger partial charge in [0, 0.05) is 17.6 Å². The number of nitrogens with one attached hydrogen (secondary N) is 1. The van der Waals surface area contributed by atoms with Crippen LogP contribution in [0.4, 0.5) is 0 Å². The van der Waals surface area contributed by atoms with Crippen LogP contribution in [0.1, 0.15) is 22.7 Å². The molecule has 4 heteroatoms. The summed E-state index contributed by atoms with van der Waals surface area (Å²) >= 11 is 0. The van der Waals surface area contributed by atoms with Crippen LogP contribution in [0.2, 0.25) is 0 Å². The monoisotopic (exact) mass is 401 g/mol. The molecule has 4 nitrogen and oxygen atoms in total. The molecule has 3 aromatic carbocycles. The van der Waals surface area contributed by atoms with Crippen molar-refractivity contribution in [2.75, 3.05) is 0 Å². The molecule has 2 heterocycles. The normalized spacial score (nSPS) is 11.0. The first kappa shape index (κ1) is 18.7. The molecule has 0 bridgehead atoms. The molecule has 0 amide bonds. The summed E-state index contributed by atoms with van der Waals surface area (Å²) in [5, 5.41) is 10.7. The number of hydrogen-bond acceptors (Lipinski definition) is 2. The third kappa shape index (κ3) is 3.33. The van der Waals surface area contributed by atoms with Gasteiger partial charge in [0.15, 0.2) is 0 Å². The molecular formula is C27H19N3O. The fourth-order valence-corrected chi connectivity index (χ4v) is 4.20. The topological polar surface area (TPSA) is 61.6 Å². The minimum atomic E-state index is -0.199. The second-order valence-electron chi connectivity index (χ2n) is 7.42. The Balaban J connectivity index is 1.85. The van der Waals surface area contributed by atoms with Gasteiger partial charge in [0.1, 0.15) is 11.7 Å². The van der Waals surface area contributed by atoms with Crippen LogP contribution in [-0.4, -0.2) is 9.55 Å². The summed E-state index contributed by atoms with van der Waals surface area (Å²) in [6.45, 7) is 0. The van der Waals surface area contributed by atoms with Gasteiger partial charge in [-0.05, 0) is 22.3 Å². The molecule has 148 valence electrons. The molecule has 31 heavy (non-hydrogen) atoms. The third-order valence-corrected chi connectivity index (χ3v) is 5.53. The van der Waals surface area contributed by atoms with E-state index in [9.17, 15) is 10.1 Å². The van der Waals surface area contributed by atoms with Crippen molar-refractivity contribution in [1.29, 1.82) is 5.26 Å². The van der Waals surface area contributed by atoms with E-state index in [1.54, 1.807) is 6.07 Å². The van der Waals surface area contributed by atoms with Gasteiger partial charge in [-0.2, -0.15) is 5.26 Å². The summed E-state index contributed by atoms with van der Waals surface area (Å²) < 4.78 is 2.01. The quantitative estimate of drug-likeness (QED) is 0.432. The van der Waals surface area contributed by atoms with Crippen molar-refractivity contribution in [2.45, 2.75) is 6.04 Å². The van der Waals surface area contributed by atoms with Crippen LogP contribution in [0.5, 0.6) is 0 Å². The number of pyridine rings is 1. The van der Waals surface area contributed by atoms with E-state index in [1.165, 1.54) is 0 Å². The highest BCUT2D eigenvalue weighted by Crippen LogP contribution is 2.35. The highest BCUT2D eigenvalue weighted by Gasteiger charge is 2.22. The van der Waals surface area contributed by atoms with Gasteiger partial charge in [0.2, 0.25) is 5.56 Å². The zero-order valence-corrected chi connectivity index (χ0v) is 16.7. The Morgan fingerprint density at radius 1 is 0.806 bits per heavy atom. The number of nitrogens with zero attached hydrogens (tertiary/aromatic N) is 2. The van der Waals surface area contributed by atoms with Crippen molar-refractivity contribution in [2.24, 2.45) is 0 Å². The maximum atomic E-state index is 12.7. The molecule has 0 saturated heterocycles. The lowest BCUT2D eigenvalue weighted by Crippen LogP contribution is -2.14. The fraction of sp³-hybridized carbons (Fsp3) is 0.0370. The first-order chi connectivity index (χ1) is 15.3. The van der Waals surface area contributed by atoms with Crippen molar-refractivity contribution >= 4 is 11.0 Å². The number of fused-ring (bicyclic) bond motifs is 1. The molecule has 2 aromatic heterocycles. The lowest BCUT2D eigenvalue weighted by molar-refractivity contribution is 0.697. The first-order valence-corrected chi connectivity index (χ1v) is 10.1. The van der Waals surface area contributed by atoms with Gasteiger partial charge < -0.3 is 9.55 Å². The van der Waals surface area contributed by atoms with E-state index < -0.39 is 0 Å². The number of rotatable bonds is 4. The summed E-state index contributed by atoms with van der Waals surface area (Å²) in [7, 11) is 0. The Labute approximate surface area is 179 Å². The maximum Gasteiger partial charge on any atom is 0.250 e. The van der Waals surface area contributed by atoms with Crippen molar-refractivity contribution < 1.29 is 0 Å². The Morgan fingerprint density at radius 2 is 1.35 bits per heavy atom. The lowest BCUT2D eigenvalue weighted by atomic mass is 9.98. The first-order valence-electron chi connectivity index (χ1n) is 10.1. The predicted molar refractivity (Wildman–Crippen MR) is 123 cm³/mol. The standard InChI is InChI=1S/C27H19N3O/c28-17-22-18-30(26(20-12-6-2-7-13-20)21-14-8-3-9-15-21)27-25(22)23(16-24(31)29-27)19-10-4-1-5-11-19/h1-16,18,26H,(H,29,31). The van der Waals surface area contributed by atoms with Crippen molar-refractivity contribution in [3.63, 3.8) is 0 Å². The van der Waals surface area contributed by atoms with Gasteiger partial charge in [-0.3, -0.25) is 4.79 Å². The molecule has 0 fully saturated rings. The number of benzene rings is 3. The molecule has 0 saturated carbocycles. The van der Waals surface area contributed by atoms with E-state index in [-0.39, 0.29) is 11.6 Å². The number of aromatic amines is 1. The zero-order valence-electron chi connectivity index (χ0n) is 16.7. The molecular weight excluding hydrogens is 382 g/mol. The molecule has 5 aromatic rings. The number of hydrogen-bond donors (Lipinski definition) is 1. The predicted octanol–water partition coefficient (Wildman–Crippen LogP) is 5.51. The number of nitriles is 1. The molecule has 0 aliphatic rings. The molecule has 0 unspecified atom stereocenters. The number of H-pyrrole nitrogens is 1. The maximum absolute atomic E-state index is 12.7. The second kappa shape index (κ2) is 7.81. The summed E-state index contributed by atoms with van der Waals surface area (Å²) in [5.74, 6) is 0. The SMILES string of the molecule is N#Cc1cn(C(c2ccccc2)c2ccccc2)c2[nH]c(=O)cc(-c3ccccc3)c12. The van der Waals surface area contributed by atoms with Crippen LogP contribution < -0.4 is 5.56 Å². The Morgan fingerprint density at radius 3 is 1.90 bits per heavy atom. The van der Waals surface area contributed by atoms with Gasteiger partial charge in [-0.25, -0.2) is 0 Å². The molecule has 0 atom stereocenters. The van der Waals surface area contributed by atoms with Crippen LogP contribution >= 0.6 is 0 Å². The van der Waals surface area contributed by atoms with E-state index >= 15 is 0 Å². The van der Waals surface area contributed by atoms with E-state index in [0.717, 1.165) is 27.6 Å². The van der Waals surface area contributed by atoms with E-state index in [1.807, 2.05) is 77.5 Å². The summed E-state index contributed by atoms with van der Waals surface area (Å²) in [5.41, 5.74) is 4.78. The van der Waals surface area contributed by atoms with Crippen LogP contribution in [0.15, 0.2) is 108 Å². The van der Waals surface area contributed by atoms with Crippen LogP contribution in [0.3, 0.4) is 0 Å².